The van der Waals surface area contributed by atoms with E-state index in [0.717, 1.165) is 44.2 Å². The quantitative estimate of drug-likeness (QED) is 0.598. The standard InChI is InChI=1S/C20H27N5O3S/c1-20(2,27)12-25-10-9-17(23-25)29(21,28)24-19(26)22-18-15-7-3-5-13(15)11-14-6-4-8-16(14)18/h9-11,27H,3-8,12H2,1-2H3,(H3,21,22,24,26,28). The second-order valence-electron chi connectivity index (χ2n) is 8.51. The summed E-state index contributed by atoms with van der Waals surface area (Å²) in [4.78, 5) is 12.6. The Hall–Kier alpha value is -2.39. The van der Waals surface area contributed by atoms with Crippen LogP contribution < -0.4 is 10.0 Å². The number of aromatic nitrogens is 2. The molecule has 8 nitrogen and oxygen atoms in total. The van der Waals surface area contributed by atoms with Gasteiger partial charge in [-0.25, -0.2) is 18.5 Å². The maximum Gasteiger partial charge on any atom is 0.332 e. The predicted molar refractivity (Wildman–Crippen MR) is 110 cm³/mol. The molecule has 2 amide bonds. The zero-order valence-corrected chi connectivity index (χ0v) is 17.6. The Morgan fingerprint density at radius 2 is 1.86 bits per heavy atom. The van der Waals surface area contributed by atoms with E-state index in [1.54, 1.807) is 13.8 Å². The van der Waals surface area contributed by atoms with Crippen LogP contribution in [0.2, 0.25) is 0 Å². The van der Waals surface area contributed by atoms with E-state index in [2.05, 4.69) is 21.2 Å². The molecule has 0 fully saturated rings. The van der Waals surface area contributed by atoms with Gasteiger partial charge in [-0.2, -0.15) is 5.10 Å². The number of carbonyl (C=O) groups is 1. The summed E-state index contributed by atoms with van der Waals surface area (Å²) in [6.07, 6.45) is 7.58. The summed E-state index contributed by atoms with van der Waals surface area (Å²) in [6, 6.07) is 3.05. The summed E-state index contributed by atoms with van der Waals surface area (Å²) in [5.41, 5.74) is 4.77. The first-order chi connectivity index (χ1) is 13.6. The number of hydrogen-bond donors (Lipinski definition) is 4. The highest BCUT2D eigenvalue weighted by Crippen LogP contribution is 2.38. The Balaban J connectivity index is 1.52. The summed E-state index contributed by atoms with van der Waals surface area (Å²) < 4.78 is 24.6. The fourth-order valence-corrected chi connectivity index (χ4v) is 5.16. The fourth-order valence-electron chi connectivity index (χ4n) is 4.27. The van der Waals surface area contributed by atoms with Gasteiger partial charge in [-0.15, -0.1) is 0 Å². The average Bonchev–Trinajstić information content (AvgIpc) is 3.31. The summed E-state index contributed by atoms with van der Waals surface area (Å²) in [6.45, 7) is 3.46. The second-order valence-corrected chi connectivity index (χ2v) is 10.2. The number of benzene rings is 1. The molecule has 0 saturated heterocycles. The lowest BCUT2D eigenvalue weighted by Gasteiger charge is -2.17. The van der Waals surface area contributed by atoms with Gasteiger partial charge in [0.25, 0.3) is 0 Å². The second kappa shape index (κ2) is 7.14. The molecule has 29 heavy (non-hydrogen) atoms. The van der Waals surface area contributed by atoms with Crippen LogP contribution in [0.5, 0.6) is 0 Å². The van der Waals surface area contributed by atoms with Crippen molar-refractivity contribution in [1.82, 2.24) is 14.5 Å². The third-order valence-electron chi connectivity index (χ3n) is 5.41. The SMILES string of the molecule is CC(C)(O)Cn1ccc(S(=N)(=O)NC(=O)Nc2c3c(cc4c2CCC4)CCC3)n1. The van der Waals surface area contributed by atoms with Gasteiger partial charge in [0, 0.05) is 11.9 Å². The van der Waals surface area contributed by atoms with Crippen LogP contribution in [0.3, 0.4) is 0 Å². The maximum atomic E-state index is 12.8. The molecule has 1 heterocycles. The van der Waals surface area contributed by atoms with Crippen molar-refractivity contribution in [2.45, 2.75) is 69.5 Å². The fraction of sp³-hybridized carbons (Fsp3) is 0.500. The van der Waals surface area contributed by atoms with Crippen molar-refractivity contribution in [1.29, 1.82) is 4.78 Å². The van der Waals surface area contributed by atoms with Crippen LogP contribution in [-0.4, -0.2) is 30.7 Å². The first-order valence-electron chi connectivity index (χ1n) is 9.92. The van der Waals surface area contributed by atoms with Gasteiger partial charge in [0.2, 0.25) is 0 Å². The van der Waals surface area contributed by atoms with Gasteiger partial charge in [-0.3, -0.25) is 4.68 Å². The third kappa shape index (κ3) is 4.16. The summed E-state index contributed by atoms with van der Waals surface area (Å²) in [5, 5.41) is 16.8. The van der Waals surface area contributed by atoms with Crippen molar-refractivity contribution in [3.8, 4) is 0 Å². The molecule has 0 aliphatic heterocycles. The number of aryl methyl sites for hydroxylation is 2. The minimum absolute atomic E-state index is 0.0413. The molecule has 0 radical (unpaired) electrons. The van der Waals surface area contributed by atoms with E-state index < -0.39 is 21.5 Å². The predicted octanol–water partition coefficient (Wildman–Crippen LogP) is 2.77. The lowest BCUT2D eigenvalue weighted by molar-refractivity contribution is 0.0573. The zero-order valence-electron chi connectivity index (χ0n) is 16.7. The van der Waals surface area contributed by atoms with Gasteiger partial charge in [-0.1, -0.05) is 6.07 Å². The molecule has 4 N–H and O–H groups in total. The summed E-state index contributed by atoms with van der Waals surface area (Å²) >= 11 is 0. The minimum atomic E-state index is -3.62. The van der Waals surface area contributed by atoms with E-state index in [1.807, 2.05) is 0 Å². The normalized spacial score (nSPS) is 17.5. The van der Waals surface area contributed by atoms with Gasteiger partial charge in [0.1, 0.15) is 0 Å². The molecule has 0 spiro atoms. The summed E-state index contributed by atoms with van der Waals surface area (Å²) in [5.74, 6) is 0. The number of anilines is 1. The van der Waals surface area contributed by atoms with E-state index in [9.17, 15) is 14.1 Å². The highest BCUT2D eigenvalue weighted by atomic mass is 32.2. The number of nitrogens with one attached hydrogen (secondary N) is 3. The Morgan fingerprint density at radius 3 is 2.45 bits per heavy atom. The number of fused-ring (bicyclic) bond motifs is 2. The van der Waals surface area contributed by atoms with Gasteiger partial charge in [0.15, 0.2) is 14.9 Å². The van der Waals surface area contributed by atoms with Crippen LogP contribution in [-0.2, 0) is 42.1 Å². The van der Waals surface area contributed by atoms with Crippen molar-refractivity contribution >= 4 is 21.6 Å². The number of hydrogen-bond acceptors (Lipinski definition) is 5. The number of carbonyl (C=O) groups excluding carboxylic acids is 1. The monoisotopic (exact) mass is 417 g/mol. The van der Waals surface area contributed by atoms with Crippen LogP contribution in [0.1, 0.15) is 48.9 Å². The molecule has 0 bridgehead atoms. The lowest BCUT2D eigenvalue weighted by atomic mass is 9.99. The number of aliphatic hydroxyl groups is 1. The average molecular weight is 418 g/mol. The first-order valence-corrected chi connectivity index (χ1v) is 11.5. The van der Waals surface area contributed by atoms with E-state index >= 15 is 0 Å². The van der Waals surface area contributed by atoms with Crippen molar-refractivity contribution in [2.75, 3.05) is 5.32 Å². The van der Waals surface area contributed by atoms with Crippen molar-refractivity contribution in [2.24, 2.45) is 0 Å². The number of nitrogens with zero attached hydrogens (tertiary/aromatic N) is 2. The molecule has 0 saturated carbocycles. The Bertz CT molecular complexity index is 1030. The Labute approximate surface area is 170 Å². The highest BCUT2D eigenvalue weighted by Gasteiger charge is 2.26. The number of rotatable bonds is 5. The molecule has 1 aromatic heterocycles. The molecule has 1 unspecified atom stereocenters. The molecule has 2 aliphatic rings. The molecule has 9 heteroatoms. The first kappa shape index (κ1) is 19.9. The minimum Gasteiger partial charge on any atom is -0.389 e. The Morgan fingerprint density at radius 1 is 1.24 bits per heavy atom. The molecular formula is C20H27N5O3S. The molecule has 156 valence electrons. The topological polar surface area (TPSA) is 120 Å². The molecule has 1 aromatic carbocycles. The number of urea groups is 1. The Kier molecular flexibility index (Phi) is 4.90. The highest BCUT2D eigenvalue weighted by molar-refractivity contribution is 7.91. The summed E-state index contributed by atoms with van der Waals surface area (Å²) in [7, 11) is -3.62. The van der Waals surface area contributed by atoms with Gasteiger partial charge in [0.05, 0.1) is 12.1 Å². The van der Waals surface area contributed by atoms with Crippen molar-refractivity contribution < 1.29 is 14.1 Å². The lowest BCUT2D eigenvalue weighted by Crippen LogP contribution is -2.34. The van der Waals surface area contributed by atoms with Crippen LogP contribution in [0.25, 0.3) is 0 Å². The number of amides is 2. The maximum absolute atomic E-state index is 12.8. The van der Waals surface area contributed by atoms with Crippen LogP contribution in [0.15, 0.2) is 23.4 Å². The van der Waals surface area contributed by atoms with Gasteiger partial charge in [-0.05, 0) is 80.7 Å². The van der Waals surface area contributed by atoms with Crippen LogP contribution in [0, 0.1) is 4.78 Å². The van der Waals surface area contributed by atoms with Crippen LogP contribution in [0.4, 0.5) is 10.5 Å². The van der Waals surface area contributed by atoms with E-state index in [1.165, 1.54) is 39.2 Å². The smallest absolute Gasteiger partial charge is 0.332 e. The largest absolute Gasteiger partial charge is 0.389 e. The third-order valence-corrected chi connectivity index (χ3v) is 6.69. The van der Waals surface area contributed by atoms with E-state index in [0.29, 0.717) is 0 Å². The zero-order chi connectivity index (χ0) is 20.8. The van der Waals surface area contributed by atoms with E-state index in [-0.39, 0.29) is 11.6 Å². The molecule has 2 aliphatic carbocycles. The van der Waals surface area contributed by atoms with Crippen LogP contribution >= 0.6 is 0 Å². The van der Waals surface area contributed by atoms with Crippen molar-refractivity contribution in [3.63, 3.8) is 0 Å². The van der Waals surface area contributed by atoms with E-state index in [4.69, 9.17) is 4.78 Å². The molecule has 2 aromatic rings. The molecule has 4 rings (SSSR count). The van der Waals surface area contributed by atoms with Gasteiger partial charge >= 0.3 is 6.03 Å². The molecular weight excluding hydrogens is 390 g/mol. The molecule has 1 atom stereocenters. The van der Waals surface area contributed by atoms with Crippen molar-refractivity contribution in [3.05, 3.63) is 40.6 Å². The van der Waals surface area contributed by atoms with Gasteiger partial charge < -0.3 is 10.4 Å².